The maximum Gasteiger partial charge on any atom is 0.240 e. The second-order valence-electron chi connectivity index (χ2n) is 6.62. The van der Waals surface area contributed by atoms with E-state index in [9.17, 15) is 13.5 Å². The Morgan fingerprint density at radius 1 is 1.07 bits per heavy atom. The first kappa shape index (κ1) is 22.1. The third-order valence-corrected chi connectivity index (χ3v) is 5.90. The van der Waals surface area contributed by atoms with E-state index >= 15 is 0 Å². The van der Waals surface area contributed by atoms with Crippen molar-refractivity contribution in [2.45, 2.75) is 37.4 Å². The maximum atomic E-state index is 12.4. The van der Waals surface area contributed by atoms with Crippen LogP contribution in [0.25, 0.3) is 0 Å². The van der Waals surface area contributed by atoms with Crippen LogP contribution in [0.5, 0.6) is 0 Å². The fourth-order valence-electron chi connectivity index (χ4n) is 2.58. The topological polar surface area (TPSA) is 69.6 Å². The number of aliphatic hydroxyl groups is 1. The number of sulfonamides is 1. The first-order valence-electron chi connectivity index (χ1n) is 8.59. The lowest BCUT2D eigenvalue weighted by atomic mass is 10.1. The fraction of sp³-hybridized carbons (Fsp3) is 0.368. The van der Waals surface area contributed by atoms with Gasteiger partial charge in [-0.15, -0.1) is 0 Å². The number of aliphatic hydroxyl groups excluding tert-OH is 1. The molecule has 5 nitrogen and oxygen atoms in total. The van der Waals surface area contributed by atoms with Crippen LogP contribution in [0.15, 0.2) is 53.4 Å². The summed E-state index contributed by atoms with van der Waals surface area (Å²) >= 11 is 11.7. The molecule has 0 spiro atoms. The van der Waals surface area contributed by atoms with Crippen LogP contribution in [-0.4, -0.2) is 43.7 Å². The van der Waals surface area contributed by atoms with Crippen molar-refractivity contribution in [3.63, 3.8) is 0 Å². The van der Waals surface area contributed by atoms with Crippen molar-refractivity contribution in [3.8, 4) is 0 Å². The van der Waals surface area contributed by atoms with Gasteiger partial charge in [-0.25, -0.2) is 13.1 Å². The van der Waals surface area contributed by atoms with E-state index < -0.39 is 16.1 Å². The Labute approximate surface area is 171 Å². The van der Waals surface area contributed by atoms with Crippen LogP contribution in [0.2, 0.25) is 10.0 Å². The van der Waals surface area contributed by atoms with E-state index in [1.807, 2.05) is 44.2 Å². The molecule has 0 aliphatic rings. The molecule has 148 valence electrons. The van der Waals surface area contributed by atoms with Gasteiger partial charge in [0.05, 0.1) is 11.0 Å². The molecule has 0 heterocycles. The van der Waals surface area contributed by atoms with Gasteiger partial charge in [0.25, 0.3) is 0 Å². The highest BCUT2D eigenvalue weighted by Gasteiger charge is 2.20. The van der Waals surface area contributed by atoms with E-state index in [-0.39, 0.29) is 27.5 Å². The molecule has 2 N–H and O–H groups in total. The van der Waals surface area contributed by atoms with Crippen LogP contribution in [0.4, 0.5) is 0 Å². The van der Waals surface area contributed by atoms with Gasteiger partial charge < -0.3 is 5.11 Å². The maximum absolute atomic E-state index is 12.4. The average Bonchev–Trinajstić information content (AvgIpc) is 2.59. The number of rotatable bonds is 9. The molecular weight excluding hydrogens is 407 g/mol. The average molecular weight is 431 g/mol. The molecule has 0 bridgehead atoms. The lowest BCUT2D eigenvalue weighted by Gasteiger charge is -2.29. The number of hydrogen-bond donors (Lipinski definition) is 2. The number of nitrogens with one attached hydrogen (secondary N) is 1. The van der Waals surface area contributed by atoms with Gasteiger partial charge in [-0.1, -0.05) is 53.5 Å². The molecule has 0 amide bonds. The molecule has 0 radical (unpaired) electrons. The number of halogens is 2. The van der Waals surface area contributed by atoms with E-state index in [1.54, 1.807) is 0 Å². The molecule has 0 saturated heterocycles. The molecule has 0 aliphatic carbocycles. The molecule has 2 aromatic carbocycles. The summed E-state index contributed by atoms with van der Waals surface area (Å²) in [5.41, 5.74) is 1.13. The van der Waals surface area contributed by atoms with E-state index in [0.717, 1.165) is 5.56 Å². The van der Waals surface area contributed by atoms with Gasteiger partial charge in [0.2, 0.25) is 10.0 Å². The molecule has 8 heteroatoms. The van der Waals surface area contributed by atoms with Crippen LogP contribution < -0.4 is 4.72 Å². The van der Waals surface area contributed by atoms with Gasteiger partial charge in [-0.2, -0.15) is 0 Å². The zero-order valence-electron chi connectivity index (χ0n) is 15.3. The Balaban J connectivity index is 1.97. The highest BCUT2D eigenvalue weighted by molar-refractivity contribution is 7.89. The van der Waals surface area contributed by atoms with Gasteiger partial charge in [0.1, 0.15) is 0 Å². The zero-order valence-corrected chi connectivity index (χ0v) is 17.6. The Morgan fingerprint density at radius 2 is 1.67 bits per heavy atom. The lowest BCUT2D eigenvalue weighted by molar-refractivity contribution is 0.0936. The summed E-state index contributed by atoms with van der Waals surface area (Å²) in [7, 11) is -3.81. The molecule has 0 aromatic heterocycles. The summed E-state index contributed by atoms with van der Waals surface area (Å²) in [6, 6.07) is 14.2. The summed E-state index contributed by atoms with van der Waals surface area (Å²) in [6.07, 6.45) is -0.861. The Morgan fingerprint density at radius 3 is 2.22 bits per heavy atom. The molecule has 0 aliphatic heterocycles. The summed E-state index contributed by atoms with van der Waals surface area (Å²) in [6.45, 7) is 4.98. The lowest BCUT2D eigenvalue weighted by Crippen LogP contribution is -2.42. The van der Waals surface area contributed by atoms with Gasteiger partial charge >= 0.3 is 0 Å². The van der Waals surface area contributed by atoms with E-state index in [1.165, 1.54) is 18.2 Å². The largest absolute Gasteiger partial charge is 0.390 e. The Kier molecular flexibility index (Phi) is 8.09. The second kappa shape index (κ2) is 9.87. The van der Waals surface area contributed by atoms with Gasteiger partial charge in [0, 0.05) is 35.7 Å². The summed E-state index contributed by atoms with van der Waals surface area (Å²) in [5.74, 6) is 0. The molecule has 1 atom stereocenters. The minimum Gasteiger partial charge on any atom is -0.390 e. The SMILES string of the molecule is CC(C)N(Cc1ccccc1)C[C@@H](O)CNS(=O)(=O)c1cc(Cl)cc(Cl)c1. The molecule has 0 fully saturated rings. The van der Waals surface area contributed by atoms with Crippen LogP contribution in [0.1, 0.15) is 19.4 Å². The summed E-state index contributed by atoms with van der Waals surface area (Å²) < 4.78 is 27.2. The van der Waals surface area contributed by atoms with Crippen molar-refractivity contribution in [1.29, 1.82) is 0 Å². The third-order valence-electron chi connectivity index (χ3n) is 4.06. The minimum atomic E-state index is -3.81. The van der Waals surface area contributed by atoms with Gasteiger partial charge in [-0.05, 0) is 37.6 Å². The molecule has 27 heavy (non-hydrogen) atoms. The van der Waals surface area contributed by atoms with Crippen molar-refractivity contribution >= 4 is 33.2 Å². The van der Waals surface area contributed by atoms with Crippen LogP contribution in [0.3, 0.4) is 0 Å². The zero-order chi connectivity index (χ0) is 20.0. The van der Waals surface area contributed by atoms with Gasteiger partial charge in [-0.3, -0.25) is 4.90 Å². The monoisotopic (exact) mass is 430 g/mol. The number of hydrogen-bond acceptors (Lipinski definition) is 4. The Bertz CT molecular complexity index is 825. The Hall–Kier alpha value is -1.15. The predicted octanol–water partition coefficient (Wildman–Crippen LogP) is 3.54. The van der Waals surface area contributed by atoms with E-state index in [4.69, 9.17) is 23.2 Å². The summed E-state index contributed by atoms with van der Waals surface area (Å²) in [5, 5.41) is 10.8. The third kappa shape index (κ3) is 7.07. The minimum absolute atomic E-state index is 0.0304. The first-order chi connectivity index (χ1) is 12.7. The normalized spacial score (nSPS) is 13.3. The molecular formula is C19H24Cl2N2O3S. The molecule has 2 aromatic rings. The standard InChI is InChI=1S/C19H24Cl2N2O3S/c1-14(2)23(12-15-6-4-3-5-7-15)13-18(24)11-22-27(25,26)19-9-16(20)8-17(21)10-19/h3-10,14,18,22,24H,11-13H2,1-2H3/t18-/m0/s1. The molecule has 0 unspecified atom stereocenters. The molecule has 0 saturated carbocycles. The first-order valence-corrected chi connectivity index (χ1v) is 10.8. The number of benzene rings is 2. The number of nitrogens with zero attached hydrogens (tertiary/aromatic N) is 1. The van der Waals surface area contributed by atoms with Gasteiger partial charge in [0.15, 0.2) is 0 Å². The highest BCUT2D eigenvalue weighted by atomic mass is 35.5. The van der Waals surface area contributed by atoms with Crippen LogP contribution in [0, 0.1) is 0 Å². The van der Waals surface area contributed by atoms with Crippen molar-refractivity contribution in [2.75, 3.05) is 13.1 Å². The highest BCUT2D eigenvalue weighted by Crippen LogP contribution is 2.22. The fourth-order valence-corrected chi connectivity index (χ4v) is 4.38. The van der Waals surface area contributed by atoms with Crippen molar-refractivity contribution in [2.24, 2.45) is 0 Å². The second-order valence-corrected chi connectivity index (χ2v) is 9.26. The van der Waals surface area contributed by atoms with Crippen molar-refractivity contribution in [3.05, 3.63) is 64.1 Å². The van der Waals surface area contributed by atoms with Crippen molar-refractivity contribution in [1.82, 2.24) is 9.62 Å². The smallest absolute Gasteiger partial charge is 0.240 e. The molecule has 2 rings (SSSR count). The predicted molar refractivity (Wildman–Crippen MR) is 110 cm³/mol. The van der Waals surface area contributed by atoms with Crippen molar-refractivity contribution < 1.29 is 13.5 Å². The van der Waals surface area contributed by atoms with Crippen LogP contribution >= 0.6 is 23.2 Å². The van der Waals surface area contributed by atoms with E-state index in [2.05, 4.69) is 9.62 Å². The quantitative estimate of drug-likeness (QED) is 0.637. The van der Waals surface area contributed by atoms with Crippen LogP contribution in [-0.2, 0) is 16.6 Å². The van der Waals surface area contributed by atoms with E-state index in [0.29, 0.717) is 13.1 Å². The summed E-state index contributed by atoms with van der Waals surface area (Å²) in [4.78, 5) is 2.06.